The highest BCUT2D eigenvalue weighted by Gasteiger charge is 2.17. The van der Waals surface area contributed by atoms with Crippen molar-refractivity contribution in [2.45, 2.75) is 19.4 Å². The predicted molar refractivity (Wildman–Crippen MR) is 57.0 cm³/mol. The molecule has 0 unspecified atom stereocenters. The third kappa shape index (κ3) is 3.12. The molecule has 1 aromatic rings. The first kappa shape index (κ1) is 14.3. The van der Waals surface area contributed by atoms with Crippen LogP contribution in [0, 0.1) is 18.6 Å². The number of aryl methyl sites for hydroxylation is 1. The van der Waals surface area contributed by atoms with Crippen molar-refractivity contribution in [3.63, 3.8) is 0 Å². The average molecular weight is 238 g/mol. The topological polar surface area (TPSA) is 46.2 Å². The lowest BCUT2D eigenvalue weighted by atomic mass is 10.0. The molecule has 0 amide bonds. The highest BCUT2D eigenvalue weighted by molar-refractivity contribution is 5.85. The monoisotopic (exact) mass is 237 g/mol. The van der Waals surface area contributed by atoms with Crippen LogP contribution < -0.4 is 5.73 Å². The number of halogens is 3. The Bertz CT molecular complexity index is 333. The molecule has 1 aromatic carbocycles. The molecular formula is C10H14ClF2NO. The zero-order valence-corrected chi connectivity index (χ0v) is 9.15. The van der Waals surface area contributed by atoms with Crippen molar-refractivity contribution < 1.29 is 13.9 Å². The van der Waals surface area contributed by atoms with Crippen molar-refractivity contribution in [2.75, 3.05) is 6.61 Å². The number of benzene rings is 1. The van der Waals surface area contributed by atoms with E-state index in [1.807, 2.05) is 0 Å². The molecule has 15 heavy (non-hydrogen) atoms. The molecule has 0 fully saturated rings. The van der Waals surface area contributed by atoms with Gasteiger partial charge in [-0.15, -0.1) is 12.4 Å². The van der Waals surface area contributed by atoms with Crippen molar-refractivity contribution in [3.05, 3.63) is 34.9 Å². The van der Waals surface area contributed by atoms with Crippen molar-refractivity contribution in [2.24, 2.45) is 5.73 Å². The molecule has 3 N–H and O–H groups in total. The third-order valence-corrected chi connectivity index (χ3v) is 2.13. The standard InChI is InChI=1S/C10H13F2NO.ClH/c1-6-2-3-7(11)9(10(6)12)8(13)4-5-14;/h2-3,8,14H,4-5,13H2,1H3;1H/t8-;/m1./s1. The Labute approximate surface area is 93.5 Å². The maximum absolute atomic E-state index is 13.4. The second kappa shape index (κ2) is 6.00. The molecule has 0 spiro atoms. The van der Waals surface area contributed by atoms with Gasteiger partial charge in [0, 0.05) is 18.2 Å². The Morgan fingerprint density at radius 1 is 1.40 bits per heavy atom. The summed E-state index contributed by atoms with van der Waals surface area (Å²) in [5.41, 5.74) is 5.75. The van der Waals surface area contributed by atoms with Crippen LogP contribution in [-0.2, 0) is 0 Å². The molecule has 0 aromatic heterocycles. The van der Waals surface area contributed by atoms with Crippen LogP contribution >= 0.6 is 12.4 Å². The molecule has 86 valence electrons. The summed E-state index contributed by atoms with van der Waals surface area (Å²) in [4.78, 5) is 0. The van der Waals surface area contributed by atoms with Crippen LogP contribution in [0.25, 0.3) is 0 Å². The van der Waals surface area contributed by atoms with Crippen LogP contribution in [0.1, 0.15) is 23.6 Å². The molecule has 0 saturated heterocycles. The highest BCUT2D eigenvalue weighted by Crippen LogP contribution is 2.23. The second-order valence-corrected chi connectivity index (χ2v) is 3.21. The lowest BCUT2D eigenvalue weighted by Crippen LogP contribution is -2.16. The van der Waals surface area contributed by atoms with E-state index in [4.69, 9.17) is 10.8 Å². The zero-order chi connectivity index (χ0) is 10.7. The lowest BCUT2D eigenvalue weighted by molar-refractivity contribution is 0.274. The normalized spacial score (nSPS) is 12.1. The first-order valence-electron chi connectivity index (χ1n) is 4.39. The lowest BCUT2D eigenvalue weighted by Gasteiger charge is -2.13. The zero-order valence-electron chi connectivity index (χ0n) is 8.34. The van der Waals surface area contributed by atoms with E-state index in [0.717, 1.165) is 0 Å². The first-order valence-corrected chi connectivity index (χ1v) is 4.39. The Kier molecular flexibility index (Phi) is 5.72. The van der Waals surface area contributed by atoms with Crippen molar-refractivity contribution >= 4 is 12.4 Å². The Morgan fingerprint density at radius 3 is 2.53 bits per heavy atom. The van der Waals surface area contributed by atoms with Gasteiger partial charge in [0.1, 0.15) is 11.6 Å². The van der Waals surface area contributed by atoms with Crippen LogP contribution in [0.4, 0.5) is 8.78 Å². The third-order valence-electron chi connectivity index (χ3n) is 2.13. The molecule has 0 radical (unpaired) electrons. The van der Waals surface area contributed by atoms with E-state index in [-0.39, 0.29) is 31.0 Å². The van der Waals surface area contributed by atoms with E-state index in [9.17, 15) is 8.78 Å². The number of rotatable bonds is 3. The highest BCUT2D eigenvalue weighted by atomic mass is 35.5. The van der Waals surface area contributed by atoms with Crippen LogP contribution in [0.2, 0.25) is 0 Å². The molecular weight excluding hydrogens is 224 g/mol. The van der Waals surface area contributed by atoms with Gasteiger partial charge in [0.25, 0.3) is 0 Å². The summed E-state index contributed by atoms with van der Waals surface area (Å²) in [5.74, 6) is -1.28. The van der Waals surface area contributed by atoms with Gasteiger partial charge in [0.15, 0.2) is 0 Å². The van der Waals surface area contributed by atoms with Crippen LogP contribution in [0.3, 0.4) is 0 Å². The van der Waals surface area contributed by atoms with Gasteiger partial charge in [-0.25, -0.2) is 8.78 Å². The summed E-state index contributed by atoms with van der Waals surface area (Å²) in [6.45, 7) is 1.36. The van der Waals surface area contributed by atoms with Crippen molar-refractivity contribution in [1.29, 1.82) is 0 Å². The van der Waals surface area contributed by atoms with Gasteiger partial charge in [-0.05, 0) is 25.0 Å². The van der Waals surface area contributed by atoms with E-state index in [2.05, 4.69) is 0 Å². The maximum atomic E-state index is 13.4. The Balaban J connectivity index is 0.00000196. The second-order valence-electron chi connectivity index (χ2n) is 3.21. The van der Waals surface area contributed by atoms with Crippen molar-refractivity contribution in [1.82, 2.24) is 0 Å². The molecule has 0 bridgehead atoms. The first-order chi connectivity index (χ1) is 6.57. The SMILES string of the molecule is Cc1ccc(F)c([C@H](N)CCO)c1F.Cl. The van der Waals surface area contributed by atoms with Crippen LogP contribution in [0.15, 0.2) is 12.1 Å². The van der Waals surface area contributed by atoms with E-state index in [1.54, 1.807) is 6.92 Å². The Hall–Kier alpha value is -0.710. The summed E-state index contributed by atoms with van der Waals surface area (Å²) in [6, 6.07) is 1.75. The van der Waals surface area contributed by atoms with Gasteiger partial charge < -0.3 is 10.8 Å². The van der Waals surface area contributed by atoms with E-state index < -0.39 is 17.7 Å². The summed E-state index contributed by atoms with van der Waals surface area (Å²) in [5, 5.41) is 8.62. The summed E-state index contributed by atoms with van der Waals surface area (Å²) in [7, 11) is 0. The summed E-state index contributed by atoms with van der Waals surface area (Å²) in [6.07, 6.45) is 0.150. The number of hydrogen-bond donors (Lipinski definition) is 2. The van der Waals surface area contributed by atoms with E-state index in [1.165, 1.54) is 12.1 Å². The minimum atomic E-state index is -0.792. The quantitative estimate of drug-likeness (QED) is 0.846. The molecule has 0 aliphatic carbocycles. The minimum Gasteiger partial charge on any atom is -0.396 e. The van der Waals surface area contributed by atoms with E-state index in [0.29, 0.717) is 5.56 Å². The van der Waals surface area contributed by atoms with Gasteiger partial charge in [-0.3, -0.25) is 0 Å². The molecule has 0 aliphatic rings. The Morgan fingerprint density at radius 2 is 2.00 bits per heavy atom. The van der Waals surface area contributed by atoms with Crippen LogP contribution in [-0.4, -0.2) is 11.7 Å². The fourth-order valence-electron chi connectivity index (χ4n) is 1.30. The molecule has 5 heteroatoms. The molecule has 2 nitrogen and oxygen atoms in total. The van der Waals surface area contributed by atoms with Crippen molar-refractivity contribution in [3.8, 4) is 0 Å². The number of aliphatic hydroxyl groups is 1. The average Bonchev–Trinajstić information content (AvgIpc) is 2.13. The molecule has 0 saturated carbocycles. The summed E-state index contributed by atoms with van der Waals surface area (Å²) < 4.78 is 26.6. The minimum absolute atomic E-state index is 0. The fourth-order valence-corrected chi connectivity index (χ4v) is 1.30. The van der Waals surface area contributed by atoms with Gasteiger partial charge in [0.2, 0.25) is 0 Å². The van der Waals surface area contributed by atoms with Crippen LogP contribution in [0.5, 0.6) is 0 Å². The largest absolute Gasteiger partial charge is 0.396 e. The number of nitrogens with two attached hydrogens (primary N) is 1. The van der Waals surface area contributed by atoms with Gasteiger partial charge in [0.05, 0.1) is 0 Å². The van der Waals surface area contributed by atoms with Gasteiger partial charge in [-0.1, -0.05) is 6.07 Å². The molecule has 1 rings (SSSR count). The molecule has 1 atom stereocenters. The maximum Gasteiger partial charge on any atom is 0.133 e. The van der Waals surface area contributed by atoms with Gasteiger partial charge in [-0.2, -0.15) is 0 Å². The molecule has 0 aliphatic heterocycles. The summed E-state index contributed by atoms with van der Waals surface area (Å²) >= 11 is 0. The number of aliphatic hydroxyl groups excluding tert-OH is 1. The fraction of sp³-hybridized carbons (Fsp3) is 0.400. The number of hydrogen-bond acceptors (Lipinski definition) is 2. The predicted octanol–water partition coefficient (Wildman–Crippen LogP) is 2.08. The molecule has 0 heterocycles. The van der Waals surface area contributed by atoms with E-state index >= 15 is 0 Å². The van der Waals surface area contributed by atoms with Gasteiger partial charge >= 0.3 is 0 Å². The smallest absolute Gasteiger partial charge is 0.133 e.